The molecule has 132 valence electrons. The van der Waals surface area contributed by atoms with Crippen LogP contribution < -0.4 is 14.8 Å². The first-order valence-electron chi connectivity index (χ1n) is 7.78. The summed E-state index contributed by atoms with van der Waals surface area (Å²) in [5, 5.41) is 3.40. The van der Waals surface area contributed by atoms with E-state index in [2.05, 4.69) is 35.2 Å². The predicted octanol–water partition coefficient (Wildman–Crippen LogP) is 3.17. The second kappa shape index (κ2) is 12.3. The Morgan fingerprint density at radius 3 is 2.48 bits per heavy atom. The number of hydrogen-bond donors (Lipinski definition) is 1. The van der Waals surface area contributed by atoms with Crippen LogP contribution in [0.4, 0.5) is 0 Å². The van der Waals surface area contributed by atoms with Crippen molar-refractivity contribution >= 4 is 29.9 Å². The lowest BCUT2D eigenvalue weighted by Crippen LogP contribution is -2.40. The average Bonchev–Trinajstić information content (AvgIpc) is 2.56. The van der Waals surface area contributed by atoms with E-state index in [1.165, 1.54) is 18.4 Å². The van der Waals surface area contributed by atoms with Crippen molar-refractivity contribution in [2.45, 2.75) is 26.2 Å². The molecule has 5 nitrogen and oxygen atoms in total. The molecule has 0 aliphatic heterocycles. The summed E-state index contributed by atoms with van der Waals surface area (Å²) in [5.74, 6) is 2.47. The van der Waals surface area contributed by atoms with Crippen molar-refractivity contribution < 1.29 is 9.47 Å². The number of halogens is 1. The van der Waals surface area contributed by atoms with Gasteiger partial charge in [-0.05, 0) is 30.5 Å². The summed E-state index contributed by atoms with van der Waals surface area (Å²) in [6, 6.07) is 6.02. The summed E-state index contributed by atoms with van der Waals surface area (Å²) in [6.45, 7) is 4.05. The van der Waals surface area contributed by atoms with E-state index in [0.717, 1.165) is 37.0 Å². The molecular formula is C17H30IN3O2. The van der Waals surface area contributed by atoms with E-state index in [1.807, 2.05) is 19.2 Å². The molecule has 0 unspecified atom stereocenters. The minimum absolute atomic E-state index is 0. The van der Waals surface area contributed by atoms with Crippen molar-refractivity contribution in [3.8, 4) is 11.5 Å². The molecule has 1 aromatic carbocycles. The molecule has 1 rings (SSSR count). The summed E-state index contributed by atoms with van der Waals surface area (Å²) >= 11 is 0. The van der Waals surface area contributed by atoms with E-state index < -0.39 is 0 Å². The van der Waals surface area contributed by atoms with Crippen LogP contribution in [0.15, 0.2) is 23.2 Å². The molecule has 0 bridgehead atoms. The van der Waals surface area contributed by atoms with Crippen LogP contribution in [-0.2, 0) is 6.42 Å². The Morgan fingerprint density at radius 1 is 1.22 bits per heavy atom. The van der Waals surface area contributed by atoms with Crippen molar-refractivity contribution in [1.29, 1.82) is 0 Å². The summed E-state index contributed by atoms with van der Waals surface area (Å²) in [5.41, 5.74) is 1.21. The fourth-order valence-corrected chi connectivity index (χ4v) is 2.24. The zero-order valence-electron chi connectivity index (χ0n) is 14.9. The van der Waals surface area contributed by atoms with Gasteiger partial charge in [-0.2, -0.15) is 0 Å². The van der Waals surface area contributed by atoms with Gasteiger partial charge in [0.25, 0.3) is 0 Å². The van der Waals surface area contributed by atoms with Gasteiger partial charge >= 0.3 is 0 Å². The monoisotopic (exact) mass is 435 g/mol. The largest absolute Gasteiger partial charge is 0.493 e. The Kier molecular flexibility index (Phi) is 11.6. The van der Waals surface area contributed by atoms with Gasteiger partial charge in [0.1, 0.15) is 0 Å². The molecule has 0 spiro atoms. The molecule has 0 atom stereocenters. The summed E-state index contributed by atoms with van der Waals surface area (Å²) in [4.78, 5) is 6.48. The van der Waals surface area contributed by atoms with Crippen LogP contribution in [0.2, 0.25) is 0 Å². The standard InChI is InChI=1S/C17H29N3O2.HI/c1-6-7-12-20(3)17(18-2)19-11-10-14-8-9-15(21-4)16(13-14)22-5;/h8-9,13H,6-7,10-12H2,1-5H3,(H,18,19);1H. The van der Waals surface area contributed by atoms with Gasteiger partial charge in [-0.25, -0.2) is 0 Å². The van der Waals surface area contributed by atoms with Crippen molar-refractivity contribution in [1.82, 2.24) is 10.2 Å². The molecule has 0 saturated carbocycles. The zero-order chi connectivity index (χ0) is 16.4. The number of hydrogen-bond acceptors (Lipinski definition) is 3. The summed E-state index contributed by atoms with van der Waals surface area (Å²) in [7, 11) is 7.20. The number of guanidine groups is 1. The van der Waals surface area contributed by atoms with E-state index >= 15 is 0 Å². The molecule has 0 heterocycles. The molecule has 0 aliphatic rings. The Morgan fingerprint density at radius 2 is 1.91 bits per heavy atom. The zero-order valence-corrected chi connectivity index (χ0v) is 17.2. The molecule has 0 aliphatic carbocycles. The van der Waals surface area contributed by atoms with Gasteiger partial charge in [0.05, 0.1) is 14.2 Å². The van der Waals surface area contributed by atoms with Crippen LogP contribution in [0, 0.1) is 0 Å². The average molecular weight is 435 g/mol. The van der Waals surface area contributed by atoms with E-state index in [1.54, 1.807) is 14.2 Å². The van der Waals surface area contributed by atoms with Gasteiger partial charge in [-0.1, -0.05) is 19.4 Å². The second-order valence-corrected chi connectivity index (χ2v) is 5.19. The third-order valence-corrected chi connectivity index (χ3v) is 3.57. The van der Waals surface area contributed by atoms with Gasteiger partial charge in [0.2, 0.25) is 0 Å². The Hall–Kier alpha value is -1.18. The number of benzene rings is 1. The number of ether oxygens (including phenoxy) is 2. The number of methoxy groups -OCH3 is 2. The minimum Gasteiger partial charge on any atom is -0.493 e. The Labute approximate surface area is 157 Å². The van der Waals surface area contributed by atoms with Crippen LogP contribution in [0.25, 0.3) is 0 Å². The highest BCUT2D eigenvalue weighted by molar-refractivity contribution is 14.0. The highest BCUT2D eigenvalue weighted by atomic mass is 127. The lowest BCUT2D eigenvalue weighted by Gasteiger charge is -2.21. The maximum absolute atomic E-state index is 5.33. The fraction of sp³-hybridized carbons (Fsp3) is 0.588. The van der Waals surface area contributed by atoms with Crippen LogP contribution in [0.5, 0.6) is 11.5 Å². The number of nitrogens with one attached hydrogen (secondary N) is 1. The molecule has 0 aromatic heterocycles. The Balaban J connectivity index is 0.00000484. The summed E-state index contributed by atoms with van der Waals surface area (Å²) in [6.07, 6.45) is 3.26. The molecule has 0 saturated heterocycles. The highest BCUT2D eigenvalue weighted by Gasteiger charge is 2.06. The molecule has 0 fully saturated rings. The van der Waals surface area contributed by atoms with Gasteiger partial charge in [-0.15, -0.1) is 24.0 Å². The number of nitrogens with zero attached hydrogens (tertiary/aromatic N) is 2. The van der Waals surface area contributed by atoms with Crippen molar-refractivity contribution in [3.05, 3.63) is 23.8 Å². The molecule has 0 amide bonds. The van der Waals surface area contributed by atoms with E-state index in [9.17, 15) is 0 Å². The number of unbranched alkanes of at least 4 members (excludes halogenated alkanes) is 1. The Bertz CT molecular complexity index is 481. The van der Waals surface area contributed by atoms with Crippen molar-refractivity contribution in [2.75, 3.05) is 41.4 Å². The van der Waals surface area contributed by atoms with Crippen LogP contribution >= 0.6 is 24.0 Å². The molecule has 6 heteroatoms. The maximum Gasteiger partial charge on any atom is 0.193 e. The lowest BCUT2D eigenvalue weighted by molar-refractivity contribution is 0.354. The van der Waals surface area contributed by atoms with Gasteiger partial charge < -0.3 is 19.7 Å². The van der Waals surface area contributed by atoms with Crippen LogP contribution in [-0.4, -0.2) is 52.3 Å². The third-order valence-electron chi connectivity index (χ3n) is 3.57. The van der Waals surface area contributed by atoms with E-state index in [-0.39, 0.29) is 24.0 Å². The van der Waals surface area contributed by atoms with E-state index in [0.29, 0.717) is 0 Å². The van der Waals surface area contributed by atoms with Crippen molar-refractivity contribution in [2.24, 2.45) is 4.99 Å². The van der Waals surface area contributed by atoms with Gasteiger partial charge in [0.15, 0.2) is 17.5 Å². The van der Waals surface area contributed by atoms with Crippen molar-refractivity contribution in [3.63, 3.8) is 0 Å². The molecule has 1 aromatic rings. The fourth-order valence-electron chi connectivity index (χ4n) is 2.24. The molecule has 1 N–H and O–H groups in total. The second-order valence-electron chi connectivity index (χ2n) is 5.19. The van der Waals surface area contributed by atoms with Gasteiger partial charge in [-0.3, -0.25) is 4.99 Å². The molecule has 0 radical (unpaired) electrons. The first kappa shape index (κ1) is 21.8. The molecule has 23 heavy (non-hydrogen) atoms. The van der Waals surface area contributed by atoms with E-state index in [4.69, 9.17) is 9.47 Å². The first-order chi connectivity index (χ1) is 10.7. The van der Waals surface area contributed by atoms with Crippen LogP contribution in [0.3, 0.4) is 0 Å². The SMILES string of the molecule is CCCCN(C)C(=NC)NCCc1ccc(OC)c(OC)c1.I. The number of rotatable bonds is 8. The van der Waals surface area contributed by atoms with Crippen LogP contribution in [0.1, 0.15) is 25.3 Å². The maximum atomic E-state index is 5.33. The lowest BCUT2D eigenvalue weighted by atomic mass is 10.1. The van der Waals surface area contributed by atoms with Gasteiger partial charge in [0, 0.05) is 27.2 Å². The normalized spacial score (nSPS) is 10.7. The predicted molar refractivity (Wildman–Crippen MR) is 108 cm³/mol. The number of aliphatic imine (C=N–C) groups is 1. The highest BCUT2D eigenvalue weighted by Crippen LogP contribution is 2.27. The quantitative estimate of drug-likeness (QED) is 0.387. The smallest absolute Gasteiger partial charge is 0.193 e. The first-order valence-corrected chi connectivity index (χ1v) is 7.78. The topological polar surface area (TPSA) is 46.1 Å². The third kappa shape index (κ3) is 7.28. The summed E-state index contributed by atoms with van der Waals surface area (Å²) < 4.78 is 10.6. The minimum atomic E-state index is 0. The molecular weight excluding hydrogens is 405 g/mol.